The molecule has 3 aromatic heterocycles. The summed E-state index contributed by atoms with van der Waals surface area (Å²) >= 11 is 4.99. The van der Waals surface area contributed by atoms with Crippen LogP contribution >= 0.6 is 27.5 Å². The highest BCUT2D eigenvalue weighted by Gasteiger charge is 2.14. The number of anilines is 2. The van der Waals surface area contributed by atoms with Crippen molar-refractivity contribution in [2.75, 3.05) is 18.4 Å². The van der Waals surface area contributed by atoms with Gasteiger partial charge in [0.05, 0.1) is 17.6 Å². The van der Waals surface area contributed by atoms with Crippen LogP contribution in [0.2, 0.25) is 0 Å². The minimum atomic E-state index is 0.758. The van der Waals surface area contributed by atoms with Gasteiger partial charge in [0.25, 0.3) is 0 Å². The van der Waals surface area contributed by atoms with E-state index >= 15 is 0 Å². The monoisotopic (exact) mass is 406 g/mol. The second kappa shape index (κ2) is 6.78. The van der Waals surface area contributed by atoms with Gasteiger partial charge >= 0.3 is 0 Å². The molecule has 0 amide bonds. The van der Waals surface area contributed by atoms with Crippen LogP contribution in [-0.4, -0.2) is 36.7 Å². The number of halogens is 1. The summed E-state index contributed by atoms with van der Waals surface area (Å²) in [5.41, 5.74) is 2.86. The van der Waals surface area contributed by atoms with Crippen molar-refractivity contribution < 1.29 is 0 Å². The average Bonchev–Trinajstić information content (AvgIpc) is 3.16. The summed E-state index contributed by atoms with van der Waals surface area (Å²) in [7, 11) is 0. The van der Waals surface area contributed by atoms with Gasteiger partial charge in [-0.1, -0.05) is 6.42 Å². The Bertz CT molecular complexity index is 851. The SMILES string of the molecule is Cc1cn2c(Br)cnc2c(Nc2cc(CN3CCCCC3)ns2)n1. The Morgan fingerprint density at radius 1 is 1.29 bits per heavy atom. The molecule has 0 aromatic carbocycles. The molecule has 1 N–H and O–H groups in total. The molecule has 8 heteroatoms. The van der Waals surface area contributed by atoms with E-state index in [1.54, 1.807) is 6.20 Å². The van der Waals surface area contributed by atoms with Gasteiger partial charge < -0.3 is 5.32 Å². The van der Waals surface area contributed by atoms with E-state index in [0.717, 1.165) is 39.0 Å². The smallest absolute Gasteiger partial charge is 0.181 e. The first-order valence-corrected chi connectivity index (χ1v) is 9.71. The number of imidazole rings is 1. The van der Waals surface area contributed by atoms with Gasteiger partial charge in [-0.05, 0) is 66.4 Å². The van der Waals surface area contributed by atoms with E-state index in [-0.39, 0.29) is 0 Å². The van der Waals surface area contributed by atoms with Gasteiger partial charge in [-0.25, -0.2) is 9.97 Å². The Morgan fingerprint density at radius 3 is 2.96 bits per heavy atom. The van der Waals surface area contributed by atoms with Crippen LogP contribution in [0.25, 0.3) is 5.65 Å². The van der Waals surface area contributed by atoms with Crippen LogP contribution in [0.3, 0.4) is 0 Å². The fourth-order valence-corrected chi connectivity index (χ4v) is 4.10. The van der Waals surface area contributed by atoms with Crippen LogP contribution in [0.15, 0.2) is 23.1 Å². The van der Waals surface area contributed by atoms with Crippen LogP contribution in [0, 0.1) is 6.92 Å². The molecular weight excluding hydrogens is 388 g/mol. The highest BCUT2D eigenvalue weighted by molar-refractivity contribution is 9.10. The third kappa shape index (κ3) is 3.31. The van der Waals surface area contributed by atoms with Crippen LogP contribution in [-0.2, 0) is 6.54 Å². The standard InChI is InChI=1S/C16H19BrN6S/c1-11-9-23-13(17)8-18-16(23)15(19-11)20-14-7-12(21-24-14)10-22-5-3-2-4-6-22/h7-9H,2-6,10H2,1H3,(H,19,20). The fraction of sp³-hybridized carbons (Fsp3) is 0.438. The Kier molecular flexibility index (Phi) is 4.51. The summed E-state index contributed by atoms with van der Waals surface area (Å²) in [4.78, 5) is 11.5. The van der Waals surface area contributed by atoms with Crippen molar-refractivity contribution in [2.24, 2.45) is 0 Å². The van der Waals surface area contributed by atoms with Gasteiger partial charge in [-0.15, -0.1) is 0 Å². The minimum absolute atomic E-state index is 0.758. The van der Waals surface area contributed by atoms with Crippen molar-refractivity contribution >= 4 is 43.9 Å². The molecule has 0 atom stereocenters. The lowest BCUT2D eigenvalue weighted by Gasteiger charge is -2.25. The summed E-state index contributed by atoms with van der Waals surface area (Å²) in [5, 5.41) is 4.38. The zero-order valence-corrected chi connectivity index (χ0v) is 15.9. The van der Waals surface area contributed by atoms with Crippen molar-refractivity contribution in [3.8, 4) is 0 Å². The summed E-state index contributed by atoms with van der Waals surface area (Å²) in [6.45, 7) is 5.28. The van der Waals surface area contributed by atoms with E-state index in [0.29, 0.717) is 0 Å². The number of fused-ring (bicyclic) bond motifs is 1. The van der Waals surface area contributed by atoms with E-state index in [1.165, 1.54) is 43.9 Å². The quantitative estimate of drug-likeness (QED) is 0.709. The van der Waals surface area contributed by atoms with Gasteiger partial charge in [0.2, 0.25) is 0 Å². The maximum Gasteiger partial charge on any atom is 0.181 e. The van der Waals surface area contributed by atoms with E-state index in [9.17, 15) is 0 Å². The van der Waals surface area contributed by atoms with Crippen LogP contribution in [0.1, 0.15) is 30.7 Å². The first kappa shape index (κ1) is 16.0. The predicted molar refractivity (Wildman–Crippen MR) is 99.9 cm³/mol. The van der Waals surface area contributed by atoms with Gasteiger partial charge in [0.1, 0.15) is 9.60 Å². The van der Waals surface area contributed by atoms with Crippen LogP contribution < -0.4 is 5.32 Å². The second-order valence-corrected chi connectivity index (χ2v) is 7.77. The van der Waals surface area contributed by atoms with Gasteiger partial charge in [0.15, 0.2) is 11.5 Å². The molecule has 0 saturated carbocycles. The second-order valence-electron chi connectivity index (χ2n) is 6.15. The van der Waals surface area contributed by atoms with Gasteiger partial charge in [-0.2, -0.15) is 4.37 Å². The molecule has 6 nitrogen and oxygen atoms in total. The summed E-state index contributed by atoms with van der Waals surface area (Å²) < 4.78 is 7.49. The lowest BCUT2D eigenvalue weighted by molar-refractivity contribution is 0.219. The number of piperidine rings is 1. The lowest BCUT2D eigenvalue weighted by Crippen LogP contribution is -2.29. The topological polar surface area (TPSA) is 58.4 Å². The molecule has 4 heterocycles. The number of aryl methyl sites for hydroxylation is 1. The van der Waals surface area contributed by atoms with E-state index in [1.807, 2.05) is 17.5 Å². The molecule has 3 aromatic rings. The van der Waals surface area contributed by atoms with Crippen LogP contribution in [0.4, 0.5) is 10.8 Å². The van der Waals surface area contributed by atoms with E-state index in [2.05, 4.69) is 46.6 Å². The Labute approximate surface area is 153 Å². The molecule has 1 saturated heterocycles. The minimum Gasteiger partial charge on any atom is -0.328 e. The zero-order valence-electron chi connectivity index (χ0n) is 13.5. The van der Waals surface area contributed by atoms with E-state index in [4.69, 9.17) is 0 Å². The number of hydrogen-bond donors (Lipinski definition) is 1. The number of rotatable bonds is 4. The van der Waals surface area contributed by atoms with Gasteiger partial charge in [-0.3, -0.25) is 9.30 Å². The van der Waals surface area contributed by atoms with E-state index < -0.39 is 0 Å². The maximum atomic E-state index is 4.59. The number of aromatic nitrogens is 4. The molecule has 1 fully saturated rings. The Balaban J connectivity index is 1.53. The van der Waals surface area contributed by atoms with Crippen LogP contribution in [0.5, 0.6) is 0 Å². The molecule has 0 radical (unpaired) electrons. The first-order valence-electron chi connectivity index (χ1n) is 8.14. The molecule has 1 aliphatic rings. The molecule has 1 aliphatic heterocycles. The third-order valence-electron chi connectivity index (χ3n) is 4.20. The van der Waals surface area contributed by atoms with Gasteiger partial charge in [0, 0.05) is 12.7 Å². The summed E-state index contributed by atoms with van der Waals surface area (Å²) in [5.74, 6) is 0.758. The molecule has 0 unspecified atom stereocenters. The molecule has 0 bridgehead atoms. The van der Waals surface area contributed by atoms with Crippen molar-refractivity contribution in [3.05, 3.63) is 34.5 Å². The average molecular weight is 407 g/mol. The fourth-order valence-electron chi connectivity index (χ4n) is 3.07. The summed E-state index contributed by atoms with van der Waals surface area (Å²) in [6.07, 6.45) is 7.71. The molecule has 24 heavy (non-hydrogen) atoms. The first-order chi connectivity index (χ1) is 11.7. The van der Waals surface area contributed by atoms with Crippen molar-refractivity contribution in [3.63, 3.8) is 0 Å². The summed E-state index contributed by atoms with van der Waals surface area (Å²) in [6, 6.07) is 2.12. The van der Waals surface area contributed by atoms with Crippen molar-refractivity contribution in [1.29, 1.82) is 0 Å². The Hall–Kier alpha value is -1.51. The highest BCUT2D eigenvalue weighted by Crippen LogP contribution is 2.26. The molecular formula is C16H19BrN6S. The van der Waals surface area contributed by atoms with Crippen molar-refractivity contribution in [2.45, 2.75) is 32.7 Å². The van der Waals surface area contributed by atoms with Crippen molar-refractivity contribution in [1.82, 2.24) is 23.6 Å². The lowest BCUT2D eigenvalue weighted by atomic mass is 10.1. The predicted octanol–water partition coefficient (Wildman–Crippen LogP) is 3.99. The number of nitrogens with one attached hydrogen (secondary N) is 1. The normalized spacial score (nSPS) is 15.9. The highest BCUT2D eigenvalue weighted by atomic mass is 79.9. The maximum absolute atomic E-state index is 4.59. The molecule has 0 spiro atoms. The number of nitrogens with zero attached hydrogens (tertiary/aromatic N) is 5. The largest absolute Gasteiger partial charge is 0.328 e. The zero-order chi connectivity index (χ0) is 16.5. The Morgan fingerprint density at radius 2 is 2.12 bits per heavy atom. The molecule has 126 valence electrons. The third-order valence-corrected chi connectivity index (χ3v) is 5.53. The molecule has 4 rings (SSSR count). The number of hydrogen-bond acceptors (Lipinski definition) is 6. The number of likely N-dealkylation sites (tertiary alicyclic amines) is 1. The molecule has 0 aliphatic carbocycles.